The number of carbonyl (C=O) groups is 2. The lowest BCUT2D eigenvalue weighted by atomic mass is 9.47. The molecule has 0 N–H and O–H groups in total. The van der Waals surface area contributed by atoms with Gasteiger partial charge in [-0.2, -0.15) is 0 Å². The van der Waals surface area contributed by atoms with Crippen molar-refractivity contribution in [2.45, 2.75) is 71.6 Å². The molecule has 0 unspecified atom stereocenters. The van der Waals surface area contributed by atoms with Crippen LogP contribution in [0.15, 0.2) is 11.6 Å². The maximum Gasteiger partial charge on any atom is 0.155 e. The SMILES string of the molecule is CC[C@]12CC[C@H]3[C@@H](CCC4=CC(=O)CC[C@@]43C)[C@@H]1CCC2=O. The summed E-state index contributed by atoms with van der Waals surface area (Å²) in [6, 6.07) is 0. The highest BCUT2D eigenvalue weighted by Gasteiger charge is 2.59. The molecule has 4 rings (SSSR count). The van der Waals surface area contributed by atoms with E-state index in [1.54, 1.807) is 0 Å². The monoisotopic (exact) mass is 300 g/mol. The molecule has 0 aliphatic heterocycles. The first kappa shape index (κ1) is 14.7. The van der Waals surface area contributed by atoms with Gasteiger partial charge < -0.3 is 0 Å². The molecule has 0 saturated heterocycles. The van der Waals surface area contributed by atoms with Gasteiger partial charge in [0.1, 0.15) is 5.78 Å². The molecule has 4 aliphatic carbocycles. The van der Waals surface area contributed by atoms with E-state index in [1.165, 1.54) is 18.4 Å². The molecule has 120 valence electrons. The predicted molar refractivity (Wildman–Crippen MR) is 86.3 cm³/mol. The van der Waals surface area contributed by atoms with E-state index < -0.39 is 0 Å². The van der Waals surface area contributed by atoms with Gasteiger partial charge in [-0.25, -0.2) is 0 Å². The van der Waals surface area contributed by atoms with Crippen molar-refractivity contribution >= 4 is 11.6 Å². The normalized spacial score (nSPS) is 47.5. The topological polar surface area (TPSA) is 34.1 Å². The van der Waals surface area contributed by atoms with Gasteiger partial charge in [-0.3, -0.25) is 9.59 Å². The van der Waals surface area contributed by atoms with Crippen LogP contribution in [0.3, 0.4) is 0 Å². The molecule has 0 aromatic carbocycles. The lowest BCUT2D eigenvalue weighted by molar-refractivity contribution is -0.134. The van der Waals surface area contributed by atoms with Crippen molar-refractivity contribution < 1.29 is 9.59 Å². The van der Waals surface area contributed by atoms with Crippen molar-refractivity contribution in [2.24, 2.45) is 28.6 Å². The maximum atomic E-state index is 12.6. The quantitative estimate of drug-likeness (QED) is 0.715. The van der Waals surface area contributed by atoms with Crippen LogP contribution in [0.25, 0.3) is 0 Å². The standard InChI is InChI=1S/C20H28O2/c1-3-20-11-9-16-15(17(20)6-7-18(20)22)5-4-13-12-14(21)8-10-19(13,16)2/h12,15-17H,3-11H2,1-2H3/t15-,16+,17+,19+,20+/m1/s1. The van der Waals surface area contributed by atoms with Crippen LogP contribution in [0.5, 0.6) is 0 Å². The molecule has 2 heteroatoms. The van der Waals surface area contributed by atoms with Gasteiger partial charge in [-0.1, -0.05) is 19.4 Å². The Labute approximate surface area is 133 Å². The van der Waals surface area contributed by atoms with E-state index in [1.807, 2.05) is 6.08 Å². The molecule has 3 saturated carbocycles. The second-order valence-corrected chi connectivity index (χ2v) is 8.48. The number of rotatable bonds is 1. The number of Topliss-reactive ketones (excluding diaryl/α,β-unsaturated/α-hetero) is 1. The third kappa shape index (κ3) is 1.73. The van der Waals surface area contributed by atoms with E-state index in [4.69, 9.17) is 0 Å². The van der Waals surface area contributed by atoms with E-state index >= 15 is 0 Å². The van der Waals surface area contributed by atoms with Crippen molar-refractivity contribution in [1.29, 1.82) is 0 Å². The average Bonchev–Trinajstić information content (AvgIpc) is 2.86. The number of allylic oxidation sites excluding steroid dienone is 1. The number of ketones is 2. The van der Waals surface area contributed by atoms with E-state index in [0.717, 1.165) is 50.9 Å². The van der Waals surface area contributed by atoms with Crippen molar-refractivity contribution in [2.75, 3.05) is 0 Å². The Kier molecular flexibility index (Phi) is 3.19. The first-order chi connectivity index (χ1) is 10.5. The van der Waals surface area contributed by atoms with Crippen LogP contribution in [-0.4, -0.2) is 11.6 Å². The molecular weight excluding hydrogens is 272 g/mol. The van der Waals surface area contributed by atoms with E-state index in [0.29, 0.717) is 23.4 Å². The second kappa shape index (κ2) is 4.79. The highest BCUT2D eigenvalue weighted by Crippen LogP contribution is 2.65. The zero-order valence-corrected chi connectivity index (χ0v) is 14.0. The minimum atomic E-state index is 0.0171. The number of hydrogen-bond donors (Lipinski definition) is 0. The molecule has 0 bridgehead atoms. The fourth-order valence-electron chi connectivity index (χ4n) is 6.78. The molecule has 0 spiro atoms. The van der Waals surface area contributed by atoms with Gasteiger partial charge in [0.15, 0.2) is 5.78 Å². The molecule has 3 fully saturated rings. The Morgan fingerprint density at radius 2 is 1.86 bits per heavy atom. The molecule has 22 heavy (non-hydrogen) atoms. The molecule has 4 aliphatic rings. The fraction of sp³-hybridized carbons (Fsp3) is 0.800. The first-order valence-corrected chi connectivity index (χ1v) is 9.28. The van der Waals surface area contributed by atoms with Crippen LogP contribution < -0.4 is 0 Å². The Hall–Kier alpha value is -0.920. The summed E-state index contributed by atoms with van der Waals surface area (Å²) in [6.07, 6.45) is 11.3. The van der Waals surface area contributed by atoms with Crippen LogP contribution in [-0.2, 0) is 9.59 Å². The van der Waals surface area contributed by atoms with Crippen LogP contribution in [0, 0.1) is 28.6 Å². The average molecular weight is 300 g/mol. The maximum absolute atomic E-state index is 12.6. The zero-order valence-electron chi connectivity index (χ0n) is 14.0. The largest absolute Gasteiger partial charge is 0.299 e. The minimum Gasteiger partial charge on any atom is -0.299 e. The van der Waals surface area contributed by atoms with Gasteiger partial charge in [0, 0.05) is 18.3 Å². The molecular formula is C20H28O2. The second-order valence-electron chi connectivity index (χ2n) is 8.48. The zero-order chi connectivity index (χ0) is 15.5. The molecule has 0 radical (unpaired) electrons. The van der Waals surface area contributed by atoms with Crippen molar-refractivity contribution in [1.82, 2.24) is 0 Å². The lowest BCUT2D eigenvalue weighted by Gasteiger charge is -2.57. The van der Waals surface area contributed by atoms with Gasteiger partial charge in [0.25, 0.3) is 0 Å². The van der Waals surface area contributed by atoms with Crippen molar-refractivity contribution in [3.63, 3.8) is 0 Å². The summed E-state index contributed by atoms with van der Waals surface area (Å²) in [5, 5.41) is 0. The smallest absolute Gasteiger partial charge is 0.155 e. The van der Waals surface area contributed by atoms with E-state index in [9.17, 15) is 9.59 Å². The molecule has 5 atom stereocenters. The summed E-state index contributed by atoms with van der Waals surface area (Å²) in [5.41, 5.74) is 1.68. The minimum absolute atomic E-state index is 0.0171. The van der Waals surface area contributed by atoms with Gasteiger partial charge in [0.05, 0.1) is 0 Å². The van der Waals surface area contributed by atoms with E-state index in [-0.39, 0.29) is 10.8 Å². The van der Waals surface area contributed by atoms with Gasteiger partial charge in [-0.15, -0.1) is 0 Å². The first-order valence-electron chi connectivity index (χ1n) is 9.28. The predicted octanol–water partition coefficient (Wildman–Crippen LogP) is 4.48. The van der Waals surface area contributed by atoms with Gasteiger partial charge in [-0.05, 0) is 74.2 Å². The third-order valence-electron chi connectivity index (χ3n) is 8.04. The number of hydrogen-bond acceptors (Lipinski definition) is 2. The summed E-state index contributed by atoms with van der Waals surface area (Å²) < 4.78 is 0. The summed E-state index contributed by atoms with van der Waals surface area (Å²) >= 11 is 0. The molecule has 0 heterocycles. The van der Waals surface area contributed by atoms with Crippen LogP contribution in [0.4, 0.5) is 0 Å². The number of carbonyl (C=O) groups excluding carboxylic acids is 2. The van der Waals surface area contributed by atoms with Gasteiger partial charge in [0.2, 0.25) is 0 Å². The Morgan fingerprint density at radius 3 is 2.64 bits per heavy atom. The lowest BCUT2D eigenvalue weighted by Crippen LogP contribution is -2.51. The van der Waals surface area contributed by atoms with Crippen LogP contribution in [0.2, 0.25) is 0 Å². The third-order valence-corrected chi connectivity index (χ3v) is 8.04. The number of fused-ring (bicyclic) bond motifs is 5. The highest BCUT2D eigenvalue weighted by atomic mass is 16.1. The molecule has 0 amide bonds. The molecule has 2 nitrogen and oxygen atoms in total. The van der Waals surface area contributed by atoms with E-state index in [2.05, 4.69) is 13.8 Å². The molecule has 0 aromatic heterocycles. The highest BCUT2D eigenvalue weighted by molar-refractivity contribution is 5.91. The summed E-state index contributed by atoms with van der Waals surface area (Å²) in [4.78, 5) is 24.4. The fourth-order valence-corrected chi connectivity index (χ4v) is 6.78. The Morgan fingerprint density at radius 1 is 1.05 bits per heavy atom. The van der Waals surface area contributed by atoms with Crippen LogP contribution >= 0.6 is 0 Å². The summed E-state index contributed by atoms with van der Waals surface area (Å²) in [6.45, 7) is 4.64. The van der Waals surface area contributed by atoms with Crippen molar-refractivity contribution in [3.05, 3.63) is 11.6 Å². The summed E-state index contributed by atoms with van der Waals surface area (Å²) in [7, 11) is 0. The van der Waals surface area contributed by atoms with Crippen LogP contribution in [0.1, 0.15) is 71.6 Å². The summed E-state index contributed by atoms with van der Waals surface area (Å²) in [5.74, 6) is 2.94. The van der Waals surface area contributed by atoms with Crippen molar-refractivity contribution in [3.8, 4) is 0 Å². The Bertz CT molecular complexity index is 560. The molecule has 0 aromatic rings. The van der Waals surface area contributed by atoms with Gasteiger partial charge >= 0.3 is 0 Å². The Balaban J connectivity index is 1.70.